The Hall–Kier alpha value is -2.04. The van der Waals surface area contributed by atoms with Crippen LogP contribution in [0.5, 0.6) is 5.75 Å². The van der Waals surface area contributed by atoms with E-state index in [0.717, 1.165) is 12.8 Å². The number of nitrogens with one attached hydrogen (secondary N) is 2. The molecule has 0 aromatic heterocycles. The van der Waals surface area contributed by atoms with Crippen molar-refractivity contribution >= 4 is 21.8 Å². The minimum atomic E-state index is -3.86. The maximum absolute atomic E-state index is 14.1. The molecule has 2 aliphatic rings. The van der Waals surface area contributed by atoms with Crippen LogP contribution >= 0.6 is 0 Å². The summed E-state index contributed by atoms with van der Waals surface area (Å²) in [4.78, 5) is 23.0. The molecule has 1 aromatic carbocycles. The van der Waals surface area contributed by atoms with Crippen molar-refractivity contribution in [2.75, 3.05) is 13.2 Å². The predicted octanol–water partition coefficient (Wildman–Crippen LogP) is 1.55. The highest BCUT2D eigenvalue weighted by Crippen LogP contribution is 2.33. The van der Waals surface area contributed by atoms with E-state index in [4.69, 9.17) is 9.88 Å². The standard InChI is InChI=1S/C21H30FN3O5S/c1-13(15-6-7-16(22)18(11-15)30-12-14-4-5-14)19(31(23,28)29)3-2-10-24-17-8-9-20(26)25-21(17)27/h6-7,11,13-14,17,19,24H,2-5,8-10,12H2,1H3,(H2,23,28,29)(H,25,26,27)/t13-,17?,19?/m0/s1. The molecule has 4 N–H and O–H groups in total. The lowest BCUT2D eigenvalue weighted by Gasteiger charge is -2.24. The van der Waals surface area contributed by atoms with Gasteiger partial charge in [-0.3, -0.25) is 14.9 Å². The van der Waals surface area contributed by atoms with Crippen LogP contribution in [0.4, 0.5) is 4.39 Å². The Morgan fingerprint density at radius 2 is 2.03 bits per heavy atom. The number of rotatable bonds is 11. The van der Waals surface area contributed by atoms with Crippen LogP contribution in [0.3, 0.4) is 0 Å². The Morgan fingerprint density at radius 1 is 1.29 bits per heavy atom. The highest BCUT2D eigenvalue weighted by molar-refractivity contribution is 7.89. The van der Waals surface area contributed by atoms with Crippen LogP contribution in [0.15, 0.2) is 18.2 Å². The maximum atomic E-state index is 14.1. The van der Waals surface area contributed by atoms with Crippen molar-refractivity contribution in [2.24, 2.45) is 11.1 Å². The van der Waals surface area contributed by atoms with Crippen LogP contribution < -0.4 is 20.5 Å². The van der Waals surface area contributed by atoms with Crippen molar-refractivity contribution in [3.8, 4) is 5.75 Å². The fourth-order valence-electron chi connectivity index (χ4n) is 3.79. The highest BCUT2D eigenvalue weighted by Gasteiger charge is 2.30. The Kier molecular flexibility index (Phi) is 7.66. The van der Waals surface area contributed by atoms with Crippen molar-refractivity contribution in [1.29, 1.82) is 0 Å². The Labute approximate surface area is 182 Å². The number of halogens is 1. The van der Waals surface area contributed by atoms with Crippen LogP contribution in [-0.2, 0) is 19.6 Å². The minimum absolute atomic E-state index is 0.129. The molecule has 0 radical (unpaired) electrons. The summed E-state index contributed by atoms with van der Waals surface area (Å²) in [6.07, 6.45) is 3.59. The van der Waals surface area contributed by atoms with Crippen LogP contribution in [0, 0.1) is 11.7 Å². The van der Waals surface area contributed by atoms with Gasteiger partial charge < -0.3 is 10.1 Å². The van der Waals surface area contributed by atoms with Gasteiger partial charge in [-0.05, 0) is 68.2 Å². The van der Waals surface area contributed by atoms with E-state index < -0.39 is 33.1 Å². The zero-order valence-corrected chi connectivity index (χ0v) is 18.4. The molecule has 2 unspecified atom stereocenters. The molecule has 0 bridgehead atoms. The fourth-order valence-corrected chi connectivity index (χ4v) is 5.01. The number of sulfonamides is 1. The molecule has 3 rings (SSSR count). The first kappa shape index (κ1) is 23.6. The molecule has 1 saturated heterocycles. The summed E-state index contributed by atoms with van der Waals surface area (Å²) in [6.45, 7) is 2.62. The summed E-state index contributed by atoms with van der Waals surface area (Å²) in [6, 6.07) is 3.94. The van der Waals surface area contributed by atoms with E-state index in [1.807, 2.05) is 0 Å². The van der Waals surface area contributed by atoms with Crippen molar-refractivity contribution < 1.29 is 27.1 Å². The SMILES string of the molecule is C[C@@H](c1ccc(F)c(OCC2CC2)c1)C(CCCNC1CCC(=O)NC1=O)S(N)(=O)=O. The molecular weight excluding hydrogens is 425 g/mol. The summed E-state index contributed by atoms with van der Waals surface area (Å²) in [5.74, 6) is -0.992. The number of hydrogen-bond acceptors (Lipinski definition) is 6. The second-order valence-corrected chi connectivity index (χ2v) is 10.2. The predicted molar refractivity (Wildman–Crippen MR) is 113 cm³/mol. The molecule has 1 aliphatic carbocycles. The molecule has 1 aliphatic heterocycles. The number of nitrogens with two attached hydrogens (primary N) is 1. The quantitative estimate of drug-likeness (QED) is 0.343. The van der Waals surface area contributed by atoms with E-state index in [-0.39, 0.29) is 30.4 Å². The van der Waals surface area contributed by atoms with Crippen LogP contribution in [-0.4, -0.2) is 44.7 Å². The van der Waals surface area contributed by atoms with Crippen molar-refractivity contribution in [1.82, 2.24) is 10.6 Å². The van der Waals surface area contributed by atoms with Gasteiger partial charge in [0.05, 0.1) is 17.9 Å². The van der Waals surface area contributed by atoms with Gasteiger partial charge in [-0.25, -0.2) is 17.9 Å². The molecule has 8 nitrogen and oxygen atoms in total. The van der Waals surface area contributed by atoms with E-state index >= 15 is 0 Å². The van der Waals surface area contributed by atoms with Gasteiger partial charge in [-0.15, -0.1) is 0 Å². The maximum Gasteiger partial charge on any atom is 0.243 e. The molecule has 172 valence electrons. The molecule has 2 amide bonds. The number of amides is 2. The average Bonchev–Trinajstić information content (AvgIpc) is 3.52. The summed E-state index contributed by atoms with van der Waals surface area (Å²) in [7, 11) is -3.86. The van der Waals surface area contributed by atoms with E-state index in [9.17, 15) is 22.4 Å². The van der Waals surface area contributed by atoms with Gasteiger partial charge in [-0.2, -0.15) is 0 Å². The van der Waals surface area contributed by atoms with E-state index in [1.54, 1.807) is 19.1 Å². The number of piperidine rings is 1. The zero-order valence-electron chi connectivity index (χ0n) is 17.6. The van der Waals surface area contributed by atoms with Gasteiger partial charge in [0.1, 0.15) is 0 Å². The Balaban J connectivity index is 1.59. The molecule has 1 aromatic rings. The molecule has 0 spiro atoms. The number of primary sulfonamides is 1. The molecular formula is C21H30FN3O5S. The number of imide groups is 1. The van der Waals surface area contributed by atoms with Crippen LogP contribution in [0.25, 0.3) is 0 Å². The van der Waals surface area contributed by atoms with E-state index in [0.29, 0.717) is 37.5 Å². The van der Waals surface area contributed by atoms with Crippen molar-refractivity contribution in [3.05, 3.63) is 29.6 Å². The second-order valence-electron chi connectivity index (χ2n) is 8.46. The highest BCUT2D eigenvalue weighted by atomic mass is 32.2. The summed E-state index contributed by atoms with van der Waals surface area (Å²) in [5, 5.41) is 9.97. The third kappa shape index (κ3) is 6.72. The second kappa shape index (κ2) is 10.1. The Bertz CT molecular complexity index is 920. The number of benzene rings is 1. The lowest BCUT2D eigenvalue weighted by Crippen LogP contribution is -2.50. The fraction of sp³-hybridized carbons (Fsp3) is 0.619. The van der Waals surface area contributed by atoms with Crippen LogP contribution in [0.2, 0.25) is 0 Å². The largest absolute Gasteiger partial charge is 0.490 e. The first-order valence-electron chi connectivity index (χ1n) is 10.7. The number of carbonyl (C=O) groups is 2. The van der Waals surface area contributed by atoms with Gasteiger partial charge in [0.2, 0.25) is 21.8 Å². The third-order valence-electron chi connectivity index (χ3n) is 5.93. The molecule has 1 heterocycles. The lowest BCUT2D eigenvalue weighted by atomic mass is 9.94. The van der Waals surface area contributed by atoms with Crippen LogP contribution in [0.1, 0.15) is 56.9 Å². The zero-order chi connectivity index (χ0) is 22.6. The molecule has 10 heteroatoms. The molecule has 3 atom stereocenters. The number of hydrogen-bond donors (Lipinski definition) is 3. The minimum Gasteiger partial charge on any atom is -0.490 e. The molecule has 31 heavy (non-hydrogen) atoms. The topological polar surface area (TPSA) is 128 Å². The van der Waals surface area contributed by atoms with Gasteiger partial charge in [-0.1, -0.05) is 13.0 Å². The third-order valence-corrected chi connectivity index (χ3v) is 7.42. The Morgan fingerprint density at radius 3 is 2.68 bits per heavy atom. The van der Waals surface area contributed by atoms with E-state index in [2.05, 4.69) is 10.6 Å². The summed E-state index contributed by atoms with van der Waals surface area (Å²) >= 11 is 0. The first-order chi connectivity index (χ1) is 14.6. The van der Waals surface area contributed by atoms with Gasteiger partial charge in [0.15, 0.2) is 11.6 Å². The average molecular weight is 456 g/mol. The monoisotopic (exact) mass is 455 g/mol. The van der Waals surface area contributed by atoms with Crippen molar-refractivity contribution in [2.45, 2.75) is 62.7 Å². The summed E-state index contributed by atoms with van der Waals surface area (Å²) < 4.78 is 44.2. The van der Waals surface area contributed by atoms with Crippen molar-refractivity contribution in [3.63, 3.8) is 0 Å². The normalized spacial score (nSPS) is 21.5. The smallest absolute Gasteiger partial charge is 0.243 e. The van der Waals surface area contributed by atoms with E-state index in [1.165, 1.54) is 6.07 Å². The first-order valence-corrected chi connectivity index (χ1v) is 12.3. The van der Waals surface area contributed by atoms with Gasteiger partial charge in [0, 0.05) is 6.42 Å². The number of ether oxygens (including phenoxy) is 1. The van der Waals surface area contributed by atoms with Gasteiger partial charge >= 0.3 is 0 Å². The summed E-state index contributed by atoms with van der Waals surface area (Å²) in [5.41, 5.74) is 0.643. The van der Waals surface area contributed by atoms with Gasteiger partial charge in [0.25, 0.3) is 0 Å². The number of carbonyl (C=O) groups excluding carboxylic acids is 2. The molecule has 1 saturated carbocycles. The molecule has 2 fully saturated rings. The lowest BCUT2D eigenvalue weighted by molar-refractivity contribution is -0.134.